The van der Waals surface area contributed by atoms with Crippen LogP contribution in [0.3, 0.4) is 0 Å². The minimum Gasteiger partial charge on any atom is -0.324 e. The fraction of sp³-hybridized carbons (Fsp3) is 0.400. The number of carbonyl (C=O) groups is 2. The fourth-order valence-electron chi connectivity index (χ4n) is 4.48. The quantitative estimate of drug-likeness (QED) is 0.598. The van der Waals surface area contributed by atoms with Crippen molar-refractivity contribution in [3.8, 4) is 11.1 Å². The molecule has 170 valence electrons. The largest absolute Gasteiger partial charge is 0.324 e. The molecular formula is C25H28N6O2. The van der Waals surface area contributed by atoms with Gasteiger partial charge in [-0.05, 0) is 67.5 Å². The van der Waals surface area contributed by atoms with Crippen LogP contribution in [0.25, 0.3) is 22.0 Å². The van der Waals surface area contributed by atoms with Crippen LogP contribution in [0.1, 0.15) is 44.6 Å². The molecule has 3 aromatic rings. The van der Waals surface area contributed by atoms with Crippen LogP contribution >= 0.6 is 0 Å². The molecule has 0 atom stereocenters. The standard InChI is InChI=1S/C25H28N6O2/c1-2-16-8-9-26-15-20(16)18-12-19-14-22(28-25(33)31-10-3-4-11-31)29-30-23(19)21(13-18)27-24(32)17-6-5-7-17/h8-9,12-15,17H,2-7,10-11H2,1H3,(H,27,32)(H,28,29,33). The Hall–Kier alpha value is -3.55. The molecule has 3 heterocycles. The number of nitrogens with zero attached hydrogens (tertiary/aromatic N) is 4. The van der Waals surface area contributed by atoms with E-state index in [1.807, 2.05) is 30.5 Å². The van der Waals surface area contributed by atoms with E-state index in [9.17, 15) is 9.59 Å². The van der Waals surface area contributed by atoms with E-state index in [2.05, 4.69) is 32.7 Å². The molecule has 0 radical (unpaired) electrons. The third-order valence-corrected chi connectivity index (χ3v) is 6.65. The Balaban J connectivity index is 1.54. The van der Waals surface area contributed by atoms with Crippen LogP contribution in [0.15, 0.2) is 36.7 Å². The molecule has 8 nitrogen and oxygen atoms in total. The minimum absolute atomic E-state index is 0.0230. The second kappa shape index (κ2) is 9.13. The molecule has 1 saturated heterocycles. The lowest BCUT2D eigenvalue weighted by molar-refractivity contribution is -0.122. The number of hydrogen-bond acceptors (Lipinski definition) is 5. The summed E-state index contributed by atoms with van der Waals surface area (Å²) < 4.78 is 0. The molecule has 1 aliphatic heterocycles. The summed E-state index contributed by atoms with van der Waals surface area (Å²) >= 11 is 0. The minimum atomic E-state index is -0.156. The summed E-state index contributed by atoms with van der Waals surface area (Å²) in [5.41, 5.74) is 4.37. The molecule has 1 aliphatic carbocycles. The molecule has 2 N–H and O–H groups in total. The van der Waals surface area contributed by atoms with Crippen molar-refractivity contribution < 1.29 is 9.59 Å². The fourth-order valence-corrected chi connectivity index (χ4v) is 4.48. The topological polar surface area (TPSA) is 100 Å². The Kier molecular flexibility index (Phi) is 5.90. The van der Waals surface area contributed by atoms with Gasteiger partial charge in [-0.2, -0.15) is 0 Å². The van der Waals surface area contributed by atoms with E-state index in [0.717, 1.165) is 68.1 Å². The lowest BCUT2D eigenvalue weighted by Crippen LogP contribution is -2.32. The number of urea groups is 1. The summed E-state index contributed by atoms with van der Waals surface area (Å²) in [4.78, 5) is 31.4. The third-order valence-electron chi connectivity index (χ3n) is 6.65. The van der Waals surface area contributed by atoms with Gasteiger partial charge in [0.2, 0.25) is 5.91 Å². The monoisotopic (exact) mass is 444 g/mol. The van der Waals surface area contributed by atoms with E-state index in [4.69, 9.17) is 0 Å². The predicted molar refractivity (Wildman–Crippen MR) is 128 cm³/mol. The Morgan fingerprint density at radius 3 is 2.61 bits per heavy atom. The van der Waals surface area contributed by atoms with E-state index < -0.39 is 0 Å². The van der Waals surface area contributed by atoms with Crippen molar-refractivity contribution in [2.24, 2.45) is 5.92 Å². The number of carbonyl (C=O) groups excluding carboxylic acids is 2. The average Bonchev–Trinajstić information content (AvgIpc) is 3.33. The molecule has 2 aliphatic rings. The van der Waals surface area contributed by atoms with Crippen LogP contribution in [0, 0.1) is 5.92 Å². The predicted octanol–water partition coefficient (Wildman–Crippen LogP) is 4.62. The number of nitrogens with one attached hydrogen (secondary N) is 2. The third kappa shape index (κ3) is 4.37. The van der Waals surface area contributed by atoms with E-state index >= 15 is 0 Å². The van der Waals surface area contributed by atoms with Gasteiger partial charge >= 0.3 is 6.03 Å². The van der Waals surface area contributed by atoms with Gasteiger partial charge in [0.15, 0.2) is 5.82 Å². The van der Waals surface area contributed by atoms with Gasteiger partial charge in [0, 0.05) is 42.4 Å². The van der Waals surface area contributed by atoms with Gasteiger partial charge in [-0.25, -0.2) is 4.79 Å². The van der Waals surface area contributed by atoms with Crippen LogP contribution in [0.4, 0.5) is 16.3 Å². The van der Waals surface area contributed by atoms with Crippen molar-refractivity contribution in [1.82, 2.24) is 20.1 Å². The van der Waals surface area contributed by atoms with Gasteiger partial charge in [0.1, 0.15) is 5.52 Å². The zero-order valence-electron chi connectivity index (χ0n) is 18.8. The summed E-state index contributed by atoms with van der Waals surface area (Å²) in [6.07, 6.45) is 9.49. The van der Waals surface area contributed by atoms with Gasteiger partial charge < -0.3 is 10.2 Å². The maximum Gasteiger partial charge on any atom is 0.323 e. The van der Waals surface area contributed by atoms with Crippen molar-refractivity contribution in [2.75, 3.05) is 23.7 Å². The molecule has 2 fully saturated rings. The molecule has 8 heteroatoms. The van der Waals surface area contributed by atoms with Crippen molar-refractivity contribution in [3.63, 3.8) is 0 Å². The Morgan fingerprint density at radius 2 is 1.88 bits per heavy atom. The first-order chi connectivity index (χ1) is 16.1. The number of likely N-dealkylation sites (tertiary alicyclic amines) is 1. The average molecular weight is 445 g/mol. The van der Waals surface area contributed by atoms with Crippen molar-refractivity contribution in [1.29, 1.82) is 0 Å². The summed E-state index contributed by atoms with van der Waals surface area (Å²) in [6, 6.07) is 7.65. The highest BCUT2D eigenvalue weighted by atomic mass is 16.2. The number of amides is 3. The van der Waals surface area contributed by atoms with Gasteiger partial charge in [-0.3, -0.25) is 15.1 Å². The van der Waals surface area contributed by atoms with Crippen molar-refractivity contribution >= 4 is 34.3 Å². The van der Waals surface area contributed by atoms with E-state index in [0.29, 0.717) is 17.0 Å². The normalized spacial score (nSPS) is 16.0. The summed E-state index contributed by atoms with van der Waals surface area (Å²) in [5, 5.41) is 15.4. The molecule has 0 bridgehead atoms. The molecule has 3 amide bonds. The van der Waals surface area contributed by atoms with Crippen molar-refractivity contribution in [2.45, 2.75) is 45.4 Å². The van der Waals surface area contributed by atoms with Crippen LogP contribution < -0.4 is 10.6 Å². The number of pyridine rings is 1. The number of anilines is 2. The van der Waals surface area contributed by atoms with E-state index in [-0.39, 0.29) is 17.9 Å². The molecule has 33 heavy (non-hydrogen) atoms. The van der Waals surface area contributed by atoms with Crippen LogP contribution in [-0.2, 0) is 11.2 Å². The molecule has 0 unspecified atom stereocenters. The zero-order valence-corrected chi connectivity index (χ0v) is 18.8. The molecule has 0 spiro atoms. The highest BCUT2D eigenvalue weighted by molar-refractivity contribution is 6.04. The highest BCUT2D eigenvalue weighted by Gasteiger charge is 2.26. The Bertz CT molecular complexity index is 1200. The maximum atomic E-state index is 12.7. The van der Waals surface area contributed by atoms with Crippen molar-refractivity contribution in [3.05, 3.63) is 42.2 Å². The molecule has 1 aromatic carbocycles. The SMILES string of the molecule is CCc1ccncc1-c1cc(NC(=O)C2CCC2)c2nnc(NC(=O)N3CCCC3)cc2c1. The number of rotatable bonds is 5. The smallest absolute Gasteiger partial charge is 0.323 e. The molecule has 1 saturated carbocycles. The van der Waals surface area contributed by atoms with Crippen LogP contribution in [0.5, 0.6) is 0 Å². The number of fused-ring (bicyclic) bond motifs is 1. The lowest BCUT2D eigenvalue weighted by Gasteiger charge is -2.24. The van der Waals surface area contributed by atoms with Gasteiger partial charge in [0.05, 0.1) is 5.69 Å². The molecule has 5 rings (SSSR count). The van der Waals surface area contributed by atoms with Gasteiger partial charge in [-0.15, -0.1) is 10.2 Å². The van der Waals surface area contributed by atoms with Crippen LogP contribution in [-0.4, -0.2) is 45.1 Å². The lowest BCUT2D eigenvalue weighted by atomic mass is 9.84. The maximum absolute atomic E-state index is 12.7. The van der Waals surface area contributed by atoms with Gasteiger partial charge in [0.25, 0.3) is 0 Å². The van der Waals surface area contributed by atoms with E-state index in [1.165, 1.54) is 5.56 Å². The summed E-state index contributed by atoms with van der Waals surface area (Å²) in [6.45, 7) is 3.63. The number of aromatic nitrogens is 3. The highest BCUT2D eigenvalue weighted by Crippen LogP contribution is 2.34. The zero-order chi connectivity index (χ0) is 22.8. The first-order valence-corrected chi connectivity index (χ1v) is 11.7. The first-order valence-electron chi connectivity index (χ1n) is 11.7. The first kappa shape index (κ1) is 21.3. The van der Waals surface area contributed by atoms with E-state index in [1.54, 1.807) is 11.1 Å². The Labute approximate surface area is 192 Å². The second-order valence-electron chi connectivity index (χ2n) is 8.82. The Morgan fingerprint density at radius 1 is 1.06 bits per heavy atom. The summed E-state index contributed by atoms with van der Waals surface area (Å²) in [5.74, 6) is 0.477. The van der Waals surface area contributed by atoms with Crippen LogP contribution in [0.2, 0.25) is 0 Å². The van der Waals surface area contributed by atoms with Gasteiger partial charge in [-0.1, -0.05) is 13.3 Å². The molecule has 2 aromatic heterocycles. The summed E-state index contributed by atoms with van der Waals surface area (Å²) in [7, 11) is 0. The number of aryl methyl sites for hydroxylation is 1. The molecular weight excluding hydrogens is 416 g/mol. The second-order valence-corrected chi connectivity index (χ2v) is 8.82. The number of benzene rings is 1. The number of hydrogen-bond donors (Lipinski definition) is 2.